The van der Waals surface area contributed by atoms with E-state index in [1.165, 1.54) is 32.1 Å². The van der Waals surface area contributed by atoms with Crippen molar-refractivity contribution in [1.29, 1.82) is 0 Å². The third-order valence-electron chi connectivity index (χ3n) is 10.2. The summed E-state index contributed by atoms with van der Waals surface area (Å²) in [6.45, 7) is 7.18. The molecule has 5 rings (SSSR count). The van der Waals surface area contributed by atoms with Crippen molar-refractivity contribution in [1.82, 2.24) is 10.2 Å². The van der Waals surface area contributed by atoms with Gasteiger partial charge in [0.25, 0.3) is 5.91 Å². The number of unbranched alkanes of at least 4 members (excludes halogenated alkanes) is 4. The van der Waals surface area contributed by atoms with Gasteiger partial charge in [-0.3, -0.25) is 14.7 Å². The van der Waals surface area contributed by atoms with Gasteiger partial charge < -0.3 is 19.8 Å². The summed E-state index contributed by atoms with van der Waals surface area (Å²) in [4.78, 5) is 49.2. The summed E-state index contributed by atoms with van der Waals surface area (Å²) in [6.07, 6.45) is 11.3. The zero-order chi connectivity index (χ0) is 31.8. The summed E-state index contributed by atoms with van der Waals surface area (Å²) in [5.74, 6) is 2.34. The average molecular weight is 634 g/mol. The van der Waals surface area contributed by atoms with Crippen LogP contribution in [0.3, 0.4) is 0 Å². The second kappa shape index (κ2) is 15.4. The molecule has 4 aliphatic rings. The van der Waals surface area contributed by atoms with Crippen molar-refractivity contribution in [2.45, 2.75) is 102 Å². The fourth-order valence-electron chi connectivity index (χ4n) is 8.04. The van der Waals surface area contributed by atoms with Gasteiger partial charge in [-0.1, -0.05) is 52.5 Å². The van der Waals surface area contributed by atoms with Crippen LogP contribution in [0.4, 0.5) is 0 Å². The molecule has 1 aliphatic heterocycles. The molecule has 3 aliphatic carbocycles. The maximum atomic E-state index is 12.6. The van der Waals surface area contributed by atoms with E-state index < -0.39 is 17.0 Å². The molecule has 0 saturated heterocycles. The molecule has 1 amide bonds. The minimum atomic E-state index is -1.34. The molecular weight excluding hydrogens is 583 g/mol. The van der Waals surface area contributed by atoms with E-state index >= 15 is 0 Å². The molecule has 0 radical (unpaired) electrons. The second-order valence-corrected chi connectivity index (χ2v) is 15.1. The quantitative estimate of drug-likeness (QED) is 0.166. The second-order valence-electron chi connectivity index (χ2n) is 12.9. The molecule has 5 unspecified atom stereocenters. The summed E-state index contributed by atoms with van der Waals surface area (Å²) in [7, 11) is 2.41. The maximum absolute atomic E-state index is 12.6. The minimum absolute atomic E-state index is 0.0941. The van der Waals surface area contributed by atoms with Gasteiger partial charge in [-0.15, -0.1) is 11.8 Å². The Morgan fingerprint density at radius 2 is 1.86 bits per heavy atom. The van der Waals surface area contributed by atoms with Crippen molar-refractivity contribution in [3.63, 3.8) is 0 Å². The zero-order valence-electron chi connectivity index (χ0n) is 26.6. The van der Waals surface area contributed by atoms with Gasteiger partial charge in [0, 0.05) is 35.3 Å². The van der Waals surface area contributed by atoms with E-state index in [0.717, 1.165) is 41.6 Å². The van der Waals surface area contributed by atoms with Crippen LogP contribution in [-0.4, -0.2) is 65.0 Å². The molecule has 0 bridgehead atoms. The Morgan fingerprint density at radius 3 is 2.44 bits per heavy atom. The number of ketones is 1. The van der Waals surface area contributed by atoms with Gasteiger partial charge in [0.05, 0.1) is 22.8 Å². The highest BCUT2D eigenvalue weighted by Crippen LogP contribution is 2.89. The Kier molecular flexibility index (Phi) is 12.8. The Hall–Kier alpha value is -1.88. The number of aldehydes is 2. The van der Waals surface area contributed by atoms with Gasteiger partial charge in [-0.25, -0.2) is 4.21 Å². The Bertz CT molecular complexity index is 1190. The molecule has 1 aromatic carbocycles. The smallest absolute Gasteiger partial charge is 0.255 e. The predicted octanol–water partition coefficient (Wildman–Crippen LogP) is 5.09. The maximum Gasteiger partial charge on any atom is 0.255 e. The molecule has 1 aromatic rings. The number of nitrogens with one attached hydrogen (secondary N) is 1. The van der Waals surface area contributed by atoms with E-state index in [-0.39, 0.29) is 22.2 Å². The number of thioether (sulfide) groups is 1. The number of Topliss-reactive ketones (excluding diaryl/α,β-unsaturated/α-hetero) is 1. The predicted molar refractivity (Wildman–Crippen MR) is 174 cm³/mol. The SMILES string of the molecule is CC1(C)C2CCC3(CS(N)=O)C(=O)CC231.CCCCCCCSc1cccc2c1CN(C(C=O)CCC=O)C2=O.CNC. The third-order valence-corrected chi connectivity index (χ3v) is 12.2. The molecule has 3 saturated carbocycles. The highest BCUT2D eigenvalue weighted by atomic mass is 32.2. The van der Waals surface area contributed by atoms with Crippen molar-refractivity contribution in [2.24, 2.45) is 27.3 Å². The molecule has 3 N–H and O–H groups in total. The van der Waals surface area contributed by atoms with Crippen LogP contribution in [0.5, 0.6) is 0 Å². The van der Waals surface area contributed by atoms with Crippen LogP contribution < -0.4 is 10.5 Å². The number of hydrogen-bond donors (Lipinski definition) is 2. The molecular formula is C33H51N3O5S2. The first-order valence-electron chi connectivity index (χ1n) is 15.7. The summed E-state index contributed by atoms with van der Waals surface area (Å²) in [5, 5.41) is 8.15. The monoisotopic (exact) mass is 633 g/mol. The fourth-order valence-corrected chi connectivity index (χ4v) is 10.2. The number of amides is 1. The molecule has 0 aromatic heterocycles. The first-order valence-corrected chi connectivity index (χ1v) is 18.1. The number of rotatable bonds is 14. The number of carbonyl (C=O) groups is 4. The van der Waals surface area contributed by atoms with Crippen LogP contribution in [0.2, 0.25) is 0 Å². The fraction of sp³-hybridized carbons (Fsp3) is 0.697. The lowest BCUT2D eigenvalue weighted by Gasteiger charge is -2.48. The van der Waals surface area contributed by atoms with E-state index in [1.54, 1.807) is 16.7 Å². The van der Waals surface area contributed by atoms with Gasteiger partial charge in [-0.2, -0.15) is 0 Å². The van der Waals surface area contributed by atoms with E-state index in [4.69, 9.17) is 5.14 Å². The van der Waals surface area contributed by atoms with Crippen LogP contribution >= 0.6 is 11.8 Å². The largest absolute Gasteiger partial charge is 0.324 e. The van der Waals surface area contributed by atoms with Gasteiger partial charge in [0.1, 0.15) is 18.4 Å². The highest BCUT2D eigenvalue weighted by Gasteiger charge is 2.88. The highest BCUT2D eigenvalue weighted by molar-refractivity contribution is 7.99. The summed E-state index contributed by atoms with van der Waals surface area (Å²) in [6, 6.07) is 5.30. The normalized spacial score (nSPS) is 26.8. The first kappa shape index (κ1) is 35.6. The molecule has 1 heterocycles. The number of benzene rings is 1. The number of fused-ring (bicyclic) bond motifs is 1. The van der Waals surface area contributed by atoms with Gasteiger partial charge in [0.2, 0.25) is 0 Å². The van der Waals surface area contributed by atoms with Crippen LogP contribution in [0, 0.1) is 22.2 Å². The number of carbonyl (C=O) groups excluding carboxylic acids is 4. The van der Waals surface area contributed by atoms with Gasteiger partial charge >= 0.3 is 0 Å². The molecule has 10 heteroatoms. The summed E-state index contributed by atoms with van der Waals surface area (Å²) >= 11 is 1.80. The van der Waals surface area contributed by atoms with Crippen molar-refractivity contribution in [2.75, 3.05) is 25.6 Å². The van der Waals surface area contributed by atoms with Crippen molar-refractivity contribution in [3.8, 4) is 0 Å². The van der Waals surface area contributed by atoms with Crippen molar-refractivity contribution >= 4 is 47.0 Å². The summed E-state index contributed by atoms with van der Waals surface area (Å²) < 4.78 is 11.2. The topological polar surface area (TPSA) is 127 Å². The number of nitrogens with two attached hydrogens (primary N) is 1. The van der Waals surface area contributed by atoms with Crippen molar-refractivity contribution in [3.05, 3.63) is 29.3 Å². The van der Waals surface area contributed by atoms with Crippen LogP contribution in [0.1, 0.15) is 101 Å². The molecule has 240 valence electrons. The van der Waals surface area contributed by atoms with E-state index in [0.29, 0.717) is 48.8 Å². The van der Waals surface area contributed by atoms with Crippen molar-refractivity contribution < 1.29 is 23.4 Å². The molecule has 5 atom stereocenters. The van der Waals surface area contributed by atoms with E-state index in [1.807, 2.05) is 26.2 Å². The van der Waals surface area contributed by atoms with Gasteiger partial charge in [0.15, 0.2) is 0 Å². The van der Waals surface area contributed by atoms with Crippen LogP contribution in [0.15, 0.2) is 23.1 Å². The molecule has 8 nitrogen and oxygen atoms in total. The Morgan fingerprint density at radius 1 is 1.16 bits per heavy atom. The molecule has 43 heavy (non-hydrogen) atoms. The van der Waals surface area contributed by atoms with Gasteiger partial charge in [-0.05, 0) is 80.0 Å². The lowest BCUT2D eigenvalue weighted by atomic mass is 9.54. The van der Waals surface area contributed by atoms with E-state index in [9.17, 15) is 23.4 Å². The summed E-state index contributed by atoms with van der Waals surface area (Å²) in [5.41, 5.74) is 1.88. The Labute approximate surface area is 264 Å². The first-order chi connectivity index (χ1) is 20.5. The van der Waals surface area contributed by atoms with Crippen LogP contribution in [-0.2, 0) is 31.9 Å². The van der Waals surface area contributed by atoms with E-state index in [2.05, 4.69) is 32.2 Å². The zero-order valence-corrected chi connectivity index (χ0v) is 28.2. The van der Waals surface area contributed by atoms with Crippen LogP contribution in [0.25, 0.3) is 0 Å². The average Bonchev–Trinajstić information content (AvgIpc) is 3.18. The lowest BCUT2D eigenvalue weighted by Crippen LogP contribution is -2.56. The molecule has 3 fully saturated rings. The number of nitrogens with zero attached hydrogens (tertiary/aromatic N) is 1. The Balaban J connectivity index is 0.000000236. The number of hydrogen-bond acceptors (Lipinski definition) is 7. The minimum Gasteiger partial charge on any atom is -0.324 e. The standard InChI is InChI=1S/C20H27NO3S.C11H17NO2S.C2H7N/c1-2-3-4-5-6-13-25-19-11-7-10-17-18(19)14-21(20(17)24)16(15-23)9-8-12-22;1-9(2)7-3-4-10(6-15(12)14)8(13)5-11(7,9)10;1-3-2/h7,10-12,15-16H,2-6,8-9,13-14H2,1H3;7H,3-6,12H2,1-2H3;3H,1-2H3. The third kappa shape index (κ3) is 6.87. The molecule has 1 spiro atoms. The lowest BCUT2D eigenvalue weighted by molar-refractivity contribution is -0.148.